The molecule has 3 nitrogen and oxygen atoms in total. The number of benzene rings is 1. The molecule has 1 N–H and O–H groups in total. The molecule has 0 radical (unpaired) electrons. The number of nitrogens with one attached hydrogen (secondary N) is 1. The highest BCUT2D eigenvalue weighted by Crippen LogP contribution is 2.33. The van der Waals surface area contributed by atoms with Gasteiger partial charge in [0.2, 0.25) is 10.0 Å². The summed E-state index contributed by atoms with van der Waals surface area (Å²) in [5.74, 6) is 0. The van der Waals surface area contributed by atoms with E-state index in [1.165, 1.54) is 11.8 Å². The number of hydrogen-bond donors (Lipinski definition) is 1. The molecular formula is C14H17NO2S2. The minimum atomic E-state index is -3.26. The summed E-state index contributed by atoms with van der Waals surface area (Å²) in [4.78, 5) is 1.07. The Kier molecular flexibility index (Phi) is 4.27. The van der Waals surface area contributed by atoms with E-state index in [9.17, 15) is 8.42 Å². The smallest absolute Gasteiger partial charge is 0.229 e. The summed E-state index contributed by atoms with van der Waals surface area (Å²) < 4.78 is 25.4. The molecule has 1 heterocycles. The summed E-state index contributed by atoms with van der Waals surface area (Å²) in [6.07, 6.45) is 3.24. The van der Waals surface area contributed by atoms with E-state index in [1.54, 1.807) is 11.3 Å². The van der Waals surface area contributed by atoms with E-state index < -0.39 is 10.0 Å². The number of sulfonamides is 1. The highest BCUT2D eigenvalue weighted by atomic mass is 32.2. The molecule has 0 spiro atoms. The minimum absolute atomic E-state index is 0.643. The second-order valence-electron chi connectivity index (χ2n) is 4.48. The minimum Gasteiger partial charge on any atom is -0.283 e. The van der Waals surface area contributed by atoms with E-state index >= 15 is 0 Å². The molecule has 1 aromatic carbocycles. The number of anilines is 1. The first-order valence-corrected chi connectivity index (χ1v) is 8.91. The summed E-state index contributed by atoms with van der Waals surface area (Å²) >= 11 is 1.61. The second kappa shape index (κ2) is 5.75. The first kappa shape index (κ1) is 14.1. The fourth-order valence-corrected chi connectivity index (χ4v) is 3.29. The SMILES string of the molecule is CCCc1ccc(NS(C)(=O)=O)c(-c2cccs2)c1. The zero-order valence-corrected chi connectivity index (χ0v) is 12.6. The van der Waals surface area contributed by atoms with Crippen LogP contribution in [0.4, 0.5) is 5.69 Å². The highest BCUT2D eigenvalue weighted by Gasteiger charge is 2.11. The van der Waals surface area contributed by atoms with Gasteiger partial charge in [0.25, 0.3) is 0 Å². The zero-order valence-electron chi connectivity index (χ0n) is 11.0. The van der Waals surface area contributed by atoms with Crippen LogP contribution in [0.25, 0.3) is 10.4 Å². The van der Waals surface area contributed by atoms with Gasteiger partial charge in [-0.25, -0.2) is 8.42 Å². The van der Waals surface area contributed by atoms with Crippen LogP contribution in [0.1, 0.15) is 18.9 Å². The largest absolute Gasteiger partial charge is 0.283 e. The Morgan fingerprint density at radius 2 is 2.05 bits per heavy atom. The van der Waals surface area contributed by atoms with Crippen molar-refractivity contribution >= 4 is 27.0 Å². The lowest BCUT2D eigenvalue weighted by Crippen LogP contribution is -2.10. The molecule has 0 aliphatic rings. The Labute approximate surface area is 118 Å². The molecule has 0 bridgehead atoms. The molecule has 102 valence electrons. The molecule has 2 rings (SSSR count). The predicted octanol–water partition coefficient (Wildman–Crippen LogP) is 3.74. The molecule has 0 saturated carbocycles. The Balaban J connectivity index is 2.48. The Bertz CT molecular complexity index is 646. The first-order valence-electron chi connectivity index (χ1n) is 6.14. The summed E-state index contributed by atoms with van der Waals surface area (Å²) in [5, 5.41) is 1.99. The molecule has 0 saturated heterocycles. The van der Waals surface area contributed by atoms with Crippen molar-refractivity contribution in [2.45, 2.75) is 19.8 Å². The number of hydrogen-bond acceptors (Lipinski definition) is 3. The number of rotatable bonds is 5. The van der Waals surface area contributed by atoms with Crippen LogP contribution < -0.4 is 4.72 Å². The van der Waals surface area contributed by atoms with E-state index in [4.69, 9.17) is 0 Å². The van der Waals surface area contributed by atoms with Gasteiger partial charge in [0.1, 0.15) is 0 Å². The highest BCUT2D eigenvalue weighted by molar-refractivity contribution is 7.92. The number of aryl methyl sites for hydroxylation is 1. The average Bonchev–Trinajstić information content (AvgIpc) is 2.83. The Morgan fingerprint density at radius 3 is 2.63 bits per heavy atom. The van der Waals surface area contributed by atoms with Crippen LogP contribution in [-0.2, 0) is 16.4 Å². The van der Waals surface area contributed by atoms with Crippen LogP contribution in [0.3, 0.4) is 0 Å². The van der Waals surface area contributed by atoms with Crippen LogP contribution in [-0.4, -0.2) is 14.7 Å². The molecule has 0 aliphatic heterocycles. The van der Waals surface area contributed by atoms with Gasteiger partial charge in [0.05, 0.1) is 11.9 Å². The quantitative estimate of drug-likeness (QED) is 0.913. The normalized spacial score (nSPS) is 11.5. The second-order valence-corrected chi connectivity index (χ2v) is 7.18. The van der Waals surface area contributed by atoms with Crippen molar-refractivity contribution in [3.63, 3.8) is 0 Å². The summed E-state index contributed by atoms with van der Waals surface area (Å²) in [5.41, 5.74) is 2.82. The molecule has 2 aromatic rings. The molecule has 0 fully saturated rings. The lowest BCUT2D eigenvalue weighted by molar-refractivity contribution is 0.607. The first-order chi connectivity index (χ1) is 8.99. The van der Waals surface area contributed by atoms with Crippen molar-refractivity contribution in [2.75, 3.05) is 11.0 Å². The molecule has 0 atom stereocenters. The maximum atomic E-state index is 11.4. The van der Waals surface area contributed by atoms with Crippen molar-refractivity contribution in [2.24, 2.45) is 0 Å². The summed E-state index contributed by atoms with van der Waals surface area (Å²) in [7, 11) is -3.26. The third-order valence-corrected chi connectivity index (χ3v) is 4.20. The molecular weight excluding hydrogens is 278 g/mol. The van der Waals surface area contributed by atoms with Crippen LogP contribution >= 0.6 is 11.3 Å². The van der Waals surface area contributed by atoms with Gasteiger partial charge in [-0.2, -0.15) is 0 Å². The fourth-order valence-electron chi connectivity index (χ4n) is 1.96. The van der Waals surface area contributed by atoms with E-state index in [0.717, 1.165) is 23.3 Å². The lowest BCUT2D eigenvalue weighted by Gasteiger charge is -2.11. The lowest BCUT2D eigenvalue weighted by atomic mass is 10.0. The van der Waals surface area contributed by atoms with E-state index in [1.807, 2.05) is 29.6 Å². The van der Waals surface area contributed by atoms with E-state index in [-0.39, 0.29) is 0 Å². The molecule has 1 aromatic heterocycles. The standard InChI is InChI=1S/C14H17NO2S2/c1-3-5-11-7-8-13(15-19(2,16)17)12(10-11)14-6-4-9-18-14/h4,6-10,15H,3,5H2,1-2H3. The van der Waals surface area contributed by atoms with Crippen LogP contribution in [0.15, 0.2) is 35.7 Å². The summed E-state index contributed by atoms with van der Waals surface area (Å²) in [6, 6.07) is 9.87. The van der Waals surface area contributed by atoms with Crippen molar-refractivity contribution in [1.82, 2.24) is 0 Å². The average molecular weight is 295 g/mol. The molecule has 0 unspecified atom stereocenters. The third kappa shape index (κ3) is 3.81. The van der Waals surface area contributed by atoms with E-state index in [2.05, 4.69) is 17.7 Å². The van der Waals surface area contributed by atoms with Crippen LogP contribution in [0.2, 0.25) is 0 Å². The molecule has 19 heavy (non-hydrogen) atoms. The summed E-state index contributed by atoms with van der Waals surface area (Å²) in [6.45, 7) is 2.13. The maximum Gasteiger partial charge on any atom is 0.229 e. The number of thiophene rings is 1. The molecule has 5 heteroatoms. The van der Waals surface area contributed by atoms with Gasteiger partial charge in [-0.05, 0) is 35.6 Å². The van der Waals surface area contributed by atoms with E-state index in [0.29, 0.717) is 5.69 Å². The van der Waals surface area contributed by atoms with Gasteiger partial charge in [0.15, 0.2) is 0 Å². The maximum absolute atomic E-state index is 11.4. The fraction of sp³-hybridized carbons (Fsp3) is 0.286. The van der Waals surface area contributed by atoms with Crippen molar-refractivity contribution in [3.8, 4) is 10.4 Å². The Morgan fingerprint density at radius 1 is 1.26 bits per heavy atom. The van der Waals surface area contributed by atoms with Crippen molar-refractivity contribution in [3.05, 3.63) is 41.3 Å². The molecule has 0 aliphatic carbocycles. The van der Waals surface area contributed by atoms with Gasteiger partial charge >= 0.3 is 0 Å². The van der Waals surface area contributed by atoms with Gasteiger partial charge < -0.3 is 0 Å². The predicted molar refractivity (Wildman–Crippen MR) is 82.2 cm³/mol. The van der Waals surface area contributed by atoms with Gasteiger partial charge in [-0.15, -0.1) is 11.3 Å². The van der Waals surface area contributed by atoms with Crippen molar-refractivity contribution < 1.29 is 8.42 Å². The zero-order chi connectivity index (χ0) is 13.9. The van der Waals surface area contributed by atoms with Gasteiger partial charge in [0, 0.05) is 10.4 Å². The molecule has 0 amide bonds. The topological polar surface area (TPSA) is 46.2 Å². The third-order valence-electron chi connectivity index (χ3n) is 2.70. The van der Waals surface area contributed by atoms with Gasteiger partial charge in [-0.1, -0.05) is 25.5 Å². The van der Waals surface area contributed by atoms with Gasteiger partial charge in [-0.3, -0.25) is 4.72 Å². The Hall–Kier alpha value is -1.33. The van der Waals surface area contributed by atoms with Crippen LogP contribution in [0.5, 0.6) is 0 Å². The monoisotopic (exact) mass is 295 g/mol. The van der Waals surface area contributed by atoms with Crippen molar-refractivity contribution in [1.29, 1.82) is 0 Å². The van der Waals surface area contributed by atoms with Crippen LogP contribution in [0, 0.1) is 0 Å².